The summed E-state index contributed by atoms with van der Waals surface area (Å²) in [5, 5.41) is 5.64. The van der Waals surface area contributed by atoms with Crippen LogP contribution >= 0.6 is 0 Å². The van der Waals surface area contributed by atoms with E-state index in [2.05, 4.69) is 24.5 Å². The fourth-order valence-electron chi connectivity index (χ4n) is 5.17. The third kappa shape index (κ3) is 6.37. The van der Waals surface area contributed by atoms with Crippen molar-refractivity contribution in [2.75, 3.05) is 26.3 Å². The van der Waals surface area contributed by atoms with Gasteiger partial charge in [0, 0.05) is 13.1 Å². The highest BCUT2D eigenvalue weighted by Crippen LogP contribution is 2.32. The molecule has 0 radical (unpaired) electrons. The summed E-state index contributed by atoms with van der Waals surface area (Å²) in [7, 11) is 0. The van der Waals surface area contributed by atoms with Gasteiger partial charge >= 0.3 is 12.1 Å². The predicted octanol–water partition coefficient (Wildman–Crippen LogP) is 5.06. The monoisotopic (exact) mass is 578 g/mol. The molecule has 10 nitrogen and oxygen atoms in total. The molecule has 42 heavy (non-hydrogen) atoms. The number of amides is 6. The van der Waals surface area contributed by atoms with Gasteiger partial charge in [0.1, 0.15) is 22.6 Å². The molecule has 0 saturated carbocycles. The standard InChI is InChI=1S/C32H42N4O6/c1-5-7-21-41-25-15-11-23(12-16-25)31(3)27(37)35(29(39)33-31)19-9-10-20-36-28(38)32(4,34-30(36)40)24-13-17-26(18-14-24)42-22-8-6-2/h11-18H,5-10,19-22H2,1-4H3,(H,33,39)(H,34,40)/t31-,32+. The van der Waals surface area contributed by atoms with E-state index in [4.69, 9.17) is 9.47 Å². The number of hydrogen-bond acceptors (Lipinski definition) is 6. The van der Waals surface area contributed by atoms with Crippen molar-refractivity contribution in [2.45, 2.75) is 77.3 Å². The first-order chi connectivity index (χ1) is 20.1. The van der Waals surface area contributed by atoms with Gasteiger partial charge < -0.3 is 20.1 Å². The zero-order valence-corrected chi connectivity index (χ0v) is 25.0. The summed E-state index contributed by atoms with van der Waals surface area (Å²) >= 11 is 0. The van der Waals surface area contributed by atoms with Gasteiger partial charge in [0.25, 0.3) is 11.8 Å². The molecular formula is C32H42N4O6. The largest absolute Gasteiger partial charge is 0.494 e. The first kappa shape index (κ1) is 30.9. The number of urea groups is 2. The van der Waals surface area contributed by atoms with E-state index in [1.54, 1.807) is 62.4 Å². The molecule has 0 spiro atoms. The van der Waals surface area contributed by atoms with Crippen molar-refractivity contribution in [2.24, 2.45) is 0 Å². The summed E-state index contributed by atoms with van der Waals surface area (Å²) < 4.78 is 11.4. The fourth-order valence-corrected chi connectivity index (χ4v) is 5.17. The van der Waals surface area contributed by atoms with Gasteiger partial charge in [-0.2, -0.15) is 0 Å². The van der Waals surface area contributed by atoms with Gasteiger partial charge in [-0.3, -0.25) is 19.4 Å². The second kappa shape index (κ2) is 13.3. The summed E-state index contributed by atoms with van der Waals surface area (Å²) in [6, 6.07) is 13.5. The smallest absolute Gasteiger partial charge is 0.325 e. The molecule has 0 aliphatic carbocycles. The molecule has 0 unspecified atom stereocenters. The van der Waals surface area contributed by atoms with E-state index in [0.29, 0.717) is 37.2 Å². The summed E-state index contributed by atoms with van der Waals surface area (Å²) in [4.78, 5) is 54.5. The van der Waals surface area contributed by atoms with E-state index in [1.807, 2.05) is 0 Å². The second-order valence-corrected chi connectivity index (χ2v) is 11.2. The fraction of sp³-hybridized carbons (Fsp3) is 0.500. The van der Waals surface area contributed by atoms with Crippen LogP contribution in [0.2, 0.25) is 0 Å². The van der Waals surface area contributed by atoms with Gasteiger partial charge in [0.05, 0.1) is 13.2 Å². The van der Waals surface area contributed by atoms with Crippen LogP contribution in [0.1, 0.15) is 77.3 Å². The Morgan fingerprint density at radius 1 is 0.595 bits per heavy atom. The lowest BCUT2D eigenvalue weighted by Crippen LogP contribution is -2.41. The zero-order chi connectivity index (χ0) is 30.3. The molecule has 10 heteroatoms. The maximum Gasteiger partial charge on any atom is 0.325 e. The molecule has 2 aromatic carbocycles. The first-order valence-electron chi connectivity index (χ1n) is 14.9. The molecule has 2 N–H and O–H groups in total. The second-order valence-electron chi connectivity index (χ2n) is 11.2. The average Bonchev–Trinajstić information content (AvgIpc) is 3.34. The molecule has 226 valence electrons. The van der Waals surface area contributed by atoms with Crippen LogP contribution in [0.4, 0.5) is 9.59 Å². The molecule has 6 amide bonds. The number of imide groups is 2. The van der Waals surface area contributed by atoms with E-state index >= 15 is 0 Å². The number of unbranched alkanes of at least 4 members (excludes halogenated alkanes) is 3. The number of benzene rings is 2. The minimum Gasteiger partial charge on any atom is -0.494 e. The van der Waals surface area contributed by atoms with Crippen LogP contribution in [0.25, 0.3) is 0 Å². The molecular weight excluding hydrogens is 536 g/mol. The number of nitrogens with zero attached hydrogens (tertiary/aromatic N) is 2. The minimum absolute atomic E-state index is 0.179. The summed E-state index contributed by atoms with van der Waals surface area (Å²) in [5.74, 6) is 0.762. The first-order valence-corrected chi connectivity index (χ1v) is 14.9. The molecule has 2 heterocycles. The Bertz CT molecular complexity index is 1180. The lowest BCUT2D eigenvalue weighted by Gasteiger charge is -2.23. The highest BCUT2D eigenvalue weighted by Gasteiger charge is 2.50. The lowest BCUT2D eigenvalue weighted by molar-refractivity contribution is -0.132. The molecule has 2 aliphatic rings. The summed E-state index contributed by atoms with van der Waals surface area (Å²) in [6.07, 6.45) is 4.88. The Labute approximate surface area is 247 Å². The van der Waals surface area contributed by atoms with E-state index in [9.17, 15) is 19.2 Å². The topological polar surface area (TPSA) is 117 Å². The molecule has 0 aromatic heterocycles. The Morgan fingerprint density at radius 2 is 0.952 bits per heavy atom. The van der Waals surface area contributed by atoms with Crippen molar-refractivity contribution in [3.05, 3.63) is 59.7 Å². The minimum atomic E-state index is -1.18. The lowest BCUT2D eigenvalue weighted by atomic mass is 9.92. The van der Waals surface area contributed by atoms with Crippen molar-refractivity contribution in [3.8, 4) is 11.5 Å². The summed E-state index contributed by atoms with van der Waals surface area (Å²) in [6.45, 7) is 9.19. The van der Waals surface area contributed by atoms with Crippen molar-refractivity contribution in [1.29, 1.82) is 0 Å². The number of rotatable bonds is 15. The maximum atomic E-state index is 13.3. The van der Waals surface area contributed by atoms with E-state index in [1.165, 1.54) is 9.80 Å². The zero-order valence-electron chi connectivity index (χ0n) is 25.0. The number of ether oxygens (including phenoxy) is 2. The molecule has 2 atom stereocenters. The Morgan fingerprint density at radius 3 is 1.29 bits per heavy atom. The van der Waals surface area contributed by atoms with Gasteiger partial charge in [-0.05, 0) is 74.9 Å². The van der Waals surface area contributed by atoms with E-state index < -0.39 is 23.1 Å². The van der Waals surface area contributed by atoms with Crippen LogP contribution in [0.3, 0.4) is 0 Å². The van der Waals surface area contributed by atoms with Crippen LogP contribution in [0.15, 0.2) is 48.5 Å². The third-order valence-corrected chi connectivity index (χ3v) is 7.96. The summed E-state index contributed by atoms with van der Waals surface area (Å²) in [5.41, 5.74) is -1.01. The van der Waals surface area contributed by atoms with Gasteiger partial charge in [-0.1, -0.05) is 51.0 Å². The van der Waals surface area contributed by atoms with Crippen LogP contribution in [-0.4, -0.2) is 60.0 Å². The number of carbonyl (C=O) groups is 4. The van der Waals surface area contributed by atoms with Gasteiger partial charge in [0.2, 0.25) is 0 Å². The van der Waals surface area contributed by atoms with Crippen molar-refractivity contribution in [3.63, 3.8) is 0 Å². The molecule has 4 rings (SSSR count). The Kier molecular flexibility index (Phi) is 9.75. The Hall–Kier alpha value is -4.08. The predicted molar refractivity (Wildman–Crippen MR) is 158 cm³/mol. The van der Waals surface area contributed by atoms with Crippen LogP contribution < -0.4 is 20.1 Å². The molecule has 0 bridgehead atoms. The third-order valence-electron chi connectivity index (χ3n) is 7.96. The number of hydrogen-bond donors (Lipinski definition) is 2. The van der Waals surface area contributed by atoms with Gasteiger partial charge in [0.15, 0.2) is 0 Å². The van der Waals surface area contributed by atoms with Crippen molar-refractivity contribution >= 4 is 23.9 Å². The average molecular weight is 579 g/mol. The maximum absolute atomic E-state index is 13.3. The molecule has 2 fully saturated rings. The van der Waals surface area contributed by atoms with Gasteiger partial charge in [-0.25, -0.2) is 9.59 Å². The van der Waals surface area contributed by atoms with Crippen LogP contribution in [-0.2, 0) is 20.7 Å². The normalized spacial score (nSPS) is 22.0. The number of carbonyl (C=O) groups excluding carboxylic acids is 4. The molecule has 2 aromatic rings. The van der Waals surface area contributed by atoms with Crippen LogP contribution in [0, 0.1) is 0 Å². The molecule has 2 aliphatic heterocycles. The van der Waals surface area contributed by atoms with E-state index in [0.717, 1.165) is 37.2 Å². The highest BCUT2D eigenvalue weighted by molar-refractivity contribution is 6.08. The van der Waals surface area contributed by atoms with E-state index in [-0.39, 0.29) is 24.9 Å². The van der Waals surface area contributed by atoms with Crippen molar-refractivity contribution < 1.29 is 28.7 Å². The number of nitrogens with one attached hydrogen (secondary N) is 2. The highest BCUT2D eigenvalue weighted by atomic mass is 16.5. The van der Waals surface area contributed by atoms with Crippen LogP contribution in [0.5, 0.6) is 11.5 Å². The Balaban J connectivity index is 1.29. The van der Waals surface area contributed by atoms with Gasteiger partial charge in [-0.15, -0.1) is 0 Å². The SMILES string of the molecule is CCCCOc1ccc([C@@]2(C)NC(=O)N(CCCCN3C(=O)N[C@@](C)(c4ccc(OCCCC)cc4)C3=O)C2=O)cc1. The molecule has 2 saturated heterocycles. The quantitative estimate of drug-likeness (QED) is 0.225. The van der Waals surface area contributed by atoms with Crippen molar-refractivity contribution in [1.82, 2.24) is 20.4 Å².